The van der Waals surface area contributed by atoms with Crippen molar-refractivity contribution >= 4 is 11.6 Å². The van der Waals surface area contributed by atoms with E-state index in [-0.39, 0.29) is 0 Å². The van der Waals surface area contributed by atoms with Crippen LogP contribution in [0.3, 0.4) is 0 Å². The van der Waals surface area contributed by atoms with Crippen LogP contribution < -0.4 is 5.32 Å². The summed E-state index contributed by atoms with van der Waals surface area (Å²) in [4.78, 5) is 0. The van der Waals surface area contributed by atoms with E-state index in [1.165, 1.54) is 25.7 Å². The smallest absolute Gasteiger partial charge is 0.0627 e. The lowest BCUT2D eigenvalue weighted by atomic mass is 10.2. The monoisotopic (exact) mass is 207 g/mol. The Morgan fingerprint density at radius 1 is 1.31 bits per heavy atom. The first-order valence-electron chi connectivity index (χ1n) is 5.13. The summed E-state index contributed by atoms with van der Waals surface area (Å²) in [6, 6.07) is 0.313. The van der Waals surface area contributed by atoms with Gasteiger partial charge in [-0.05, 0) is 13.0 Å². The minimum atomic E-state index is 0.313. The van der Waals surface area contributed by atoms with Gasteiger partial charge in [-0.2, -0.15) is 0 Å². The summed E-state index contributed by atoms with van der Waals surface area (Å²) in [6.07, 6.45) is 5.17. The maximum absolute atomic E-state index is 5.74. The Balaban J connectivity index is 3.17. The van der Waals surface area contributed by atoms with Gasteiger partial charge in [0.1, 0.15) is 0 Å². The molecule has 0 radical (unpaired) electrons. The highest BCUT2D eigenvalue weighted by Crippen LogP contribution is 1.98. The van der Waals surface area contributed by atoms with Crippen molar-refractivity contribution in [2.45, 2.75) is 38.6 Å². The standard InChI is InChI=1S/C10H22ClNO/c1-3-4-5-6-7-12-10(8-11)9-13-2/h10,12H,3-9H2,1-2H3. The summed E-state index contributed by atoms with van der Waals surface area (Å²) < 4.78 is 5.03. The number of unbranched alkanes of at least 4 members (excludes halogenated alkanes) is 3. The van der Waals surface area contributed by atoms with Crippen LogP contribution in [0.25, 0.3) is 0 Å². The van der Waals surface area contributed by atoms with Crippen molar-refractivity contribution in [2.75, 3.05) is 26.1 Å². The highest BCUT2D eigenvalue weighted by molar-refractivity contribution is 6.18. The topological polar surface area (TPSA) is 21.3 Å². The highest BCUT2D eigenvalue weighted by atomic mass is 35.5. The predicted octanol–water partition coefficient (Wildman–Crippen LogP) is 2.41. The zero-order chi connectivity index (χ0) is 9.94. The molecule has 0 heterocycles. The average molecular weight is 208 g/mol. The van der Waals surface area contributed by atoms with Crippen LogP contribution in [-0.2, 0) is 4.74 Å². The van der Waals surface area contributed by atoms with E-state index in [0.29, 0.717) is 18.5 Å². The van der Waals surface area contributed by atoms with E-state index in [0.717, 1.165) is 6.54 Å². The second-order valence-electron chi connectivity index (χ2n) is 3.32. The number of methoxy groups -OCH3 is 1. The van der Waals surface area contributed by atoms with E-state index >= 15 is 0 Å². The molecule has 2 nitrogen and oxygen atoms in total. The highest BCUT2D eigenvalue weighted by Gasteiger charge is 2.04. The molecular formula is C10H22ClNO. The fraction of sp³-hybridized carbons (Fsp3) is 1.00. The van der Waals surface area contributed by atoms with Gasteiger partial charge in [0.2, 0.25) is 0 Å². The van der Waals surface area contributed by atoms with Gasteiger partial charge in [-0.1, -0.05) is 26.2 Å². The third-order valence-corrected chi connectivity index (χ3v) is 2.39. The van der Waals surface area contributed by atoms with Gasteiger partial charge in [-0.25, -0.2) is 0 Å². The molecule has 0 spiro atoms. The van der Waals surface area contributed by atoms with Crippen LogP contribution in [0.2, 0.25) is 0 Å². The first kappa shape index (κ1) is 13.2. The molecule has 0 amide bonds. The first-order chi connectivity index (χ1) is 6.35. The molecule has 1 atom stereocenters. The predicted molar refractivity (Wildman–Crippen MR) is 58.5 cm³/mol. The van der Waals surface area contributed by atoms with Crippen molar-refractivity contribution in [3.63, 3.8) is 0 Å². The van der Waals surface area contributed by atoms with Crippen LogP contribution in [0.4, 0.5) is 0 Å². The zero-order valence-electron chi connectivity index (χ0n) is 8.81. The third kappa shape index (κ3) is 8.54. The summed E-state index contributed by atoms with van der Waals surface area (Å²) in [5.74, 6) is 0.627. The first-order valence-corrected chi connectivity index (χ1v) is 5.66. The Morgan fingerprint density at radius 2 is 2.08 bits per heavy atom. The molecule has 0 aromatic heterocycles. The van der Waals surface area contributed by atoms with Crippen molar-refractivity contribution < 1.29 is 4.74 Å². The Kier molecular flexibility index (Phi) is 10.5. The van der Waals surface area contributed by atoms with Crippen LogP contribution in [0, 0.1) is 0 Å². The second kappa shape index (κ2) is 10.3. The van der Waals surface area contributed by atoms with Gasteiger partial charge < -0.3 is 10.1 Å². The van der Waals surface area contributed by atoms with Crippen LogP contribution in [-0.4, -0.2) is 32.2 Å². The molecule has 0 rings (SSSR count). The van der Waals surface area contributed by atoms with E-state index in [1.807, 2.05) is 0 Å². The van der Waals surface area contributed by atoms with Crippen LogP contribution in [0.5, 0.6) is 0 Å². The Bertz CT molecular complexity index is 101. The van der Waals surface area contributed by atoms with Crippen molar-refractivity contribution in [3.8, 4) is 0 Å². The average Bonchev–Trinajstić information content (AvgIpc) is 2.16. The van der Waals surface area contributed by atoms with Gasteiger partial charge in [-0.3, -0.25) is 0 Å². The minimum absolute atomic E-state index is 0.313. The van der Waals surface area contributed by atoms with E-state index < -0.39 is 0 Å². The Hall–Kier alpha value is 0.210. The second-order valence-corrected chi connectivity index (χ2v) is 3.63. The van der Waals surface area contributed by atoms with Crippen molar-refractivity contribution in [1.82, 2.24) is 5.32 Å². The van der Waals surface area contributed by atoms with Gasteiger partial charge in [0.05, 0.1) is 6.61 Å². The summed E-state index contributed by atoms with van der Waals surface area (Å²) in [6.45, 7) is 3.98. The lowest BCUT2D eigenvalue weighted by Crippen LogP contribution is -2.35. The Morgan fingerprint density at radius 3 is 2.62 bits per heavy atom. The zero-order valence-corrected chi connectivity index (χ0v) is 9.57. The van der Waals surface area contributed by atoms with Crippen LogP contribution >= 0.6 is 11.6 Å². The molecule has 0 saturated carbocycles. The number of hydrogen-bond donors (Lipinski definition) is 1. The fourth-order valence-electron chi connectivity index (χ4n) is 1.22. The SMILES string of the molecule is CCCCCCNC(CCl)COC. The molecule has 0 aromatic carbocycles. The maximum atomic E-state index is 5.74. The molecule has 0 aliphatic carbocycles. The molecule has 0 bridgehead atoms. The van der Waals surface area contributed by atoms with E-state index in [1.54, 1.807) is 7.11 Å². The summed E-state index contributed by atoms with van der Waals surface area (Å²) in [7, 11) is 1.71. The molecule has 13 heavy (non-hydrogen) atoms. The quantitative estimate of drug-likeness (QED) is 0.463. The molecule has 80 valence electrons. The largest absolute Gasteiger partial charge is 0.383 e. The lowest BCUT2D eigenvalue weighted by molar-refractivity contribution is 0.173. The summed E-state index contributed by atoms with van der Waals surface area (Å²) in [5.41, 5.74) is 0. The van der Waals surface area contributed by atoms with Crippen LogP contribution in [0.15, 0.2) is 0 Å². The van der Waals surface area contributed by atoms with E-state index in [2.05, 4.69) is 12.2 Å². The van der Waals surface area contributed by atoms with Gasteiger partial charge in [0.15, 0.2) is 0 Å². The van der Waals surface area contributed by atoms with E-state index in [4.69, 9.17) is 16.3 Å². The molecule has 0 aliphatic rings. The molecule has 1 N–H and O–H groups in total. The van der Waals surface area contributed by atoms with Crippen molar-refractivity contribution in [1.29, 1.82) is 0 Å². The number of ether oxygens (including phenoxy) is 1. The molecule has 0 fully saturated rings. The van der Waals surface area contributed by atoms with Gasteiger partial charge in [0.25, 0.3) is 0 Å². The van der Waals surface area contributed by atoms with E-state index in [9.17, 15) is 0 Å². The molecule has 0 saturated heterocycles. The van der Waals surface area contributed by atoms with Gasteiger partial charge in [-0.15, -0.1) is 11.6 Å². The maximum Gasteiger partial charge on any atom is 0.0627 e. The Labute approximate surface area is 87.0 Å². The molecule has 1 unspecified atom stereocenters. The lowest BCUT2D eigenvalue weighted by Gasteiger charge is -2.14. The molecular weight excluding hydrogens is 186 g/mol. The number of rotatable bonds is 9. The molecule has 0 aromatic rings. The molecule has 0 aliphatic heterocycles. The van der Waals surface area contributed by atoms with Crippen LogP contribution in [0.1, 0.15) is 32.6 Å². The summed E-state index contributed by atoms with van der Waals surface area (Å²) >= 11 is 5.74. The number of halogens is 1. The van der Waals surface area contributed by atoms with Gasteiger partial charge in [0, 0.05) is 19.0 Å². The third-order valence-electron chi connectivity index (χ3n) is 2.02. The number of hydrogen-bond acceptors (Lipinski definition) is 2. The molecule has 3 heteroatoms. The van der Waals surface area contributed by atoms with Gasteiger partial charge >= 0.3 is 0 Å². The number of alkyl halides is 1. The summed E-state index contributed by atoms with van der Waals surface area (Å²) in [5, 5.41) is 3.37. The normalized spacial score (nSPS) is 13.2. The van der Waals surface area contributed by atoms with Crippen molar-refractivity contribution in [2.24, 2.45) is 0 Å². The minimum Gasteiger partial charge on any atom is -0.383 e. The fourth-order valence-corrected chi connectivity index (χ4v) is 1.42. The van der Waals surface area contributed by atoms with Crippen molar-refractivity contribution in [3.05, 3.63) is 0 Å². The number of nitrogens with one attached hydrogen (secondary N) is 1.